The van der Waals surface area contributed by atoms with Gasteiger partial charge in [0.15, 0.2) is 5.96 Å². The highest BCUT2D eigenvalue weighted by molar-refractivity contribution is 14.0. The molecule has 1 aromatic rings. The lowest BCUT2D eigenvalue weighted by molar-refractivity contribution is -0.146. The van der Waals surface area contributed by atoms with Crippen LogP contribution in [-0.2, 0) is 16.1 Å². The first kappa shape index (κ1) is 23.7. The number of nitrogens with zero attached hydrogens (tertiary/aromatic N) is 4. The molecule has 0 bridgehead atoms. The number of ether oxygens (including phenoxy) is 1. The molecule has 8 heteroatoms. The lowest BCUT2D eigenvalue weighted by atomic mass is 9.97. The highest BCUT2D eigenvalue weighted by Crippen LogP contribution is 2.18. The second kappa shape index (κ2) is 11.5. The lowest BCUT2D eigenvalue weighted by Crippen LogP contribution is -2.46. The van der Waals surface area contributed by atoms with E-state index in [0.717, 1.165) is 57.2 Å². The minimum atomic E-state index is -0.0925. The summed E-state index contributed by atoms with van der Waals surface area (Å²) < 4.78 is 6.93. The first-order chi connectivity index (χ1) is 12.4. The number of hydrogen-bond acceptors (Lipinski definition) is 4. The number of methoxy groups -OCH3 is 1. The minimum Gasteiger partial charge on any atom is -0.469 e. The quantitative estimate of drug-likeness (QED) is 0.287. The van der Waals surface area contributed by atoms with Gasteiger partial charge < -0.3 is 15.0 Å². The third kappa shape index (κ3) is 6.97. The van der Waals surface area contributed by atoms with Crippen LogP contribution in [0.15, 0.2) is 11.1 Å². The largest absolute Gasteiger partial charge is 0.469 e. The molecule has 0 spiro atoms. The van der Waals surface area contributed by atoms with Crippen molar-refractivity contribution >= 4 is 35.9 Å². The van der Waals surface area contributed by atoms with E-state index >= 15 is 0 Å². The van der Waals surface area contributed by atoms with E-state index in [0.29, 0.717) is 5.92 Å². The van der Waals surface area contributed by atoms with E-state index < -0.39 is 0 Å². The van der Waals surface area contributed by atoms with Gasteiger partial charge in [-0.05, 0) is 45.6 Å². The van der Waals surface area contributed by atoms with Crippen molar-refractivity contribution in [1.82, 2.24) is 20.0 Å². The van der Waals surface area contributed by atoms with Crippen LogP contribution >= 0.6 is 24.0 Å². The second-order valence-electron chi connectivity index (χ2n) is 7.19. The SMILES string of the molecule is CCNC(=NCC(C)Cn1nc(C)cc1C)N1CCC(C(=O)OC)CC1.I. The minimum absolute atomic E-state index is 0. The molecule has 0 saturated carbocycles. The van der Waals surface area contributed by atoms with Gasteiger partial charge in [0.1, 0.15) is 0 Å². The molecule has 0 radical (unpaired) electrons. The van der Waals surface area contributed by atoms with Gasteiger partial charge in [-0.1, -0.05) is 6.92 Å². The van der Waals surface area contributed by atoms with Crippen molar-refractivity contribution in [3.8, 4) is 0 Å². The predicted octanol–water partition coefficient (Wildman–Crippen LogP) is 2.60. The number of halogens is 1. The highest BCUT2D eigenvalue weighted by atomic mass is 127. The maximum absolute atomic E-state index is 11.7. The van der Waals surface area contributed by atoms with Gasteiger partial charge in [-0.25, -0.2) is 0 Å². The number of piperidine rings is 1. The average Bonchev–Trinajstić information content (AvgIpc) is 2.95. The summed E-state index contributed by atoms with van der Waals surface area (Å²) in [4.78, 5) is 18.8. The molecule has 0 aliphatic carbocycles. The van der Waals surface area contributed by atoms with Crippen molar-refractivity contribution in [3.05, 3.63) is 17.5 Å². The molecule has 27 heavy (non-hydrogen) atoms. The number of aryl methyl sites for hydroxylation is 2. The Morgan fingerprint density at radius 1 is 1.41 bits per heavy atom. The zero-order valence-corrected chi connectivity index (χ0v) is 19.5. The molecule has 1 aromatic heterocycles. The summed E-state index contributed by atoms with van der Waals surface area (Å²) in [5, 5.41) is 7.92. The maximum atomic E-state index is 11.7. The van der Waals surface area contributed by atoms with Gasteiger partial charge in [0.25, 0.3) is 0 Å². The van der Waals surface area contributed by atoms with Crippen LogP contribution in [0.4, 0.5) is 0 Å². The van der Waals surface area contributed by atoms with Gasteiger partial charge >= 0.3 is 5.97 Å². The Bertz CT molecular complexity index is 624. The van der Waals surface area contributed by atoms with Crippen LogP contribution < -0.4 is 5.32 Å². The second-order valence-corrected chi connectivity index (χ2v) is 7.19. The standard InChI is InChI=1S/C19H33N5O2.HI/c1-6-20-19(23-9-7-17(8-10-23)18(25)26-5)21-12-14(2)13-24-16(4)11-15(3)22-24;/h11,14,17H,6-10,12-13H2,1-5H3,(H,20,21);1H. The van der Waals surface area contributed by atoms with E-state index in [2.05, 4.69) is 46.8 Å². The summed E-state index contributed by atoms with van der Waals surface area (Å²) in [6.45, 7) is 12.5. The normalized spacial score (nSPS) is 16.6. The van der Waals surface area contributed by atoms with Crippen molar-refractivity contribution < 1.29 is 9.53 Å². The first-order valence-corrected chi connectivity index (χ1v) is 9.56. The van der Waals surface area contributed by atoms with Crippen LogP contribution in [0, 0.1) is 25.7 Å². The molecule has 1 unspecified atom stereocenters. The van der Waals surface area contributed by atoms with Crippen molar-refractivity contribution in [1.29, 1.82) is 0 Å². The highest BCUT2D eigenvalue weighted by Gasteiger charge is 2.27. The lowest BCUT2D eigenvalue weighted by Gasteiger charge is -2.33. The summed E-state index contributed by atoms with van der Waals surface area (Å²) in [5.74, 6) is 1.26. The molecule has 1 aliphatic rings. The van der Waals surface area contributed by atoms with Crippen LogP contribution in [0.5, 0.6) is 0 Å². The van der Waals surface area contributed by atoms with Gasteiger partial charge in [0, 0.05) is 38.4 Å². The molecule has 1 fully saturated rings. The number of aromatic nitrogens is 2. The van der Waals surface area contributed by atoms with Gasteiger partial charge in [-0.2, -0.15) is 5.10 Å². The molecule has 1 N–H and O–H groups in total. The van der Waals surface area contributed by atoms with Gasteiger partial charge in [-0.3, -0.25) is 14.5 Å². The Hall–Kier alpha value is -1.32. The zero-order valence-electron chi connectivity index (χ0n) is 17.2. The van der Waals surface area contributed by atoms with Gasteiger partial charge in [0.05, 0.1) is 18.7 Å². The molecular formula is C19H34IN5O2. The van der Waals surface area contributed by atoms with Crippen LogP contribution in [0.1, 0.15) is 38.1 Å². The molecule has 7 nitrogen and oxygen atoms in total. The van der Waals surface area contributed by atoms with E-state index in [4.69, 9.17) is 9.73 Å². The number of rotatable bonds is 6. The van der Waals surface area contributed by atoms with Crippen LogP contribution in [0.3, 0.4) is 0 Å². The Morgan fingerprint density at radius 3 is 2.59 bits per heavy atom. The average molecular weight is 491 g/mol. The van der Waals surface area contributed by atoms with Crippen molar-refractivity contribution in [2.75, 3.05) is 33.3 Å². The van der Waals surface area contributed by atoms with Gasteiger partial charge in [-0.15, -0.1) is 24.0 Å². The molecular weight excluding hydrogens is 457 g/mol. The summed E-state index contributed by atoms with van der Waals surface area (Å²) in [5.41, 5.74) is 2.25. The molecule has 2 heterocycles. The third-order valence-corrected chi connectivity index (χ3v) is 4.80. The van der Waals surface area contributed by atoms with E-state index in [1.165, 1.54) is 12.8 Å². The number of nitrogens with one attached hydrogen (secondary N) is 1. The molecule has 0 amide bonds. The number of hydrogen-bond donors (Lipinski definition) is 1. The van der Waals surface area contributed by atoms with E-state index in [9.17, 15) is 4.79 Å². The van der Waals surface area contributed by atoms with Crippen LogP contribution in [0.25, 0.3) is 0 Å². The topological polar surface area (TPSA) is 71.8 Å². The van der Waals surface area contributed by atoms with Crippen molar-refractivity contribution in [2.45, 2.75) is 47.1 Å². The molecule has 1 saturated heterocycles. The third-order valence-electron chi connectivity index (χ3n) is 4.80. The Kier molecular flexibility index (Phi) is 10.1. The fourth-order valence-electron chi connectivity index (χ4n) is 3.37. The van der Waals surface area contributed by atoms with E-state index in [1.807, 2.05) is 6.92 Å². The molecule has 0 aromatic carbocycles. The van der Waals surface area contributed by atoms with E-state index in [-0.39, 0.29) is 35.9 Å². The predicted molar refractivity (Wildman–Crippen MR) is 119 cm³/mol. The number of guanidine groups is 1. The Balaban J connectivity index is 0.00000364. The molecule has 1 atom stereocenters. The Labute approximate surface area is 179 Å². The number of carbonyl (C=O) groups is 1. The summed E-state index contributed by atoms with van der Waals surface area (Å²) >= 11 is 0. The van der Waals surface area contributed by atoms with E-state index in [1.54, 1.807) is 0 Å². The fraction of sp³-hybridized carbons (Fsp3) is 0.737. The number of carbonyl (C=O) groups excluding carboxylic acids is 1. The Morgan fingerprint density at radius 2 is 2.07 bits per heavy atom. The summed E-state index contributed by atoms with van der Waals surface area (Å²) in [6.07, 6.45) is 1.64. The first-order valence-electron chi connectivity index (χ1n) is 9.56. The maximum Gasteiger partial charge on any atom is 0.308 e. The van der Waals surface area contributed by atoms with Crippen molar-refractivity contribution in [2.24, 2.45) is 16.8 Å². The zero-order chi connectivity index (χ0) is 19.1. The van der Waals surface area contributed by atoms with Gasteiger partial charge in [0.2, 0.25) is 0 Å². The summed E-state index contributed by atoms with van der Waals surface area (Å²) in [7, 11) is 1.46. The summed E-state index contributed by atoms with van der Waals surface area (Å²) in [6, 6.07) is 2.10. The molecule has 154 valence electrons. The van der Waals surface area contributed by atoms with Crippen molar-refractivity contribution in [3.63, 3.8) is 0 Å². The number of aliphatic imine (C=N–C) groups is 1. The van der Waals surface area contributed by atoms with Crippen LogP contribution in [-0.4, -0.2) is 59.9 Å². The number of esters is 1. The van der Waals surface area contributed by atoms with Crippen LogP contribution in [0.2, 0.25) is 0 Å². The number of likely N-dealkylation sites (tertiary alicyclic amines) is 1. The molecule has 2 rings (SSSR count). The smallest absolute Gasteiger partial charge is 0.308 e. The molecule has 1 aliphatic heterocycles. The fourth-order valence-corrected chi connectivity index (χ4v) is 3.37. The monoisotopic (exact) mass is 491 g/mol.